The normalized spacial score (nSPS) is 23.8. The summed E-state index contributed by atoms with van der Waals surface area (Å²) < 4.78 is 14.3. The zero-order chi connectivity index (χ0) is 9.68. The first-order chi connectivity index (χ1) is 6.18. The van der Waals surface area contributed by atoms with E-state index in [2.05, 4.69) is 4.74 Å². The molecule has 0 aliphatic carbocycles. The highest BCUT2D eigenvalue weighted by molar-refractivity contribution is 5.61. The molecule has 0 aromatic heterocycles. The quantitative estimate of drug-likeness (QED) is 0.392. The highest BCUT2D eigenvalue weighted by Crippen LogP contribution is 2.11. The summed E-state index contributed by atoms with van der Waals surface area (Å²) in [6.07, 6.45) is -0.0288. The summed E-state index contributed by atoms with van der Waals surface area (Å²) >= 11 is 0. The summed E-state index contributed by atoms with van der Waals surface area (Å²) in [6.45, 7) is 2.35. The van der Waals surface area contributed by atoms with Crippen LogP contribution in [-0.4, -0.2) is 36.9 Å². The van der Waals surface area contributed by atoms with Crippen molar-refractivity contribution in [3.63, 3.8) is 0 Å². The topological polar surface area (TPSA) is 65.0 Å². The molecule has 76 valence electrons. The van der Waals surface area contributed by atoms with Crippen LogP contribution < -0.4 is 0 Å². The molecule has 1 aliphatic rings. The Bertz CT molecular complexity index is 168. The first-order valence-electron chi connectivity index (χ1n) is 4.31. The molecule has 5 heteroatoms. The minimum atomic E-state index is -0.734. The van der Waals surface area contributed by atoms with Crippen molar-refractivity contribution < 1.29 is 24.1 Å². The third kappa shape index (κ3) is 4.10. The van der Waals surface area contributed by atoms with Crippen LogP contribution in [-0.2, 0) is 14.2 Å². The maximum absolute atomic E-state index is 10.5. The lowest BCUT2D eigenvalue weighted by atomic mass is 10.2. The largest absolute Gasteiger partial charge is 0.508 e. The van der Waals surface area contributed by atoms with E-state index in [4.69, 9.17) is 14.6 Å². The van der Waals surface area contributed by atoms with Crippen molar-refractivity contribution in [3.05, 3.63) is 0 Å². The molecule has 13 heavy (non-hydrogen) atoms. The SMILES string of the molecule is CC(O)OCCCC1COC(=O)O1. The van der Waals surface area contributed by atoms with Gasteiger partial charge in [-0.1, -0.05) is 0 Å². The van der Waals surface area contributed by atoms with Gasteiger partial charge in [-0.05, 0) is 19.8 Å². The van der Waals surface area contributed by atoms with Gasteiger partial charge in [0, 0.05) is 6.61 Å². The summed E-state index contributed by atoms with van der Waals surface area (Å²) in [6, 6.07) is 0. The molecule has 2 unspecified atom stereocenters. The van der Waals surface area contributed by atoms with Gasteiger partial charge < -0.3 is 19.3 Å². The number of carbonyl (C=O) groups is 1. The van der Waals surface area contributed by atoms with Crippen LogP contribution in [0.5, 0.6) is 0 Å². The molecule has 1 rings (SSSR count). The Morgan fingerprint density at radius 3 is 3.08 bits per heavy atom. The lowest BCUT2D eigenvalue weighted by molar-refractivity contribution is -0.0870. The van der Waals surface area contributed by atoms with Gasteiger partial charge in [-0.3, -0.25) is 0 Å². The molecule has 1 aliphatic heterocycles. The summed E-state index contributed by atoms with van der Waals surface area (Å²) in [4.78, 5) is 10.5. The molecule has 1 saturated heterocycles. The molecule has 2 atom stereocenters. The highest BCUT2D eigenvalue weighted by Gasteiger charge is 2.24. The Morgan fingerprint density at radius 1 is 1.77 bits per heavy atom. The van der Waals surface area contributed by atoms with Crippen molar-refractivity contribution >= 4 is 6.16 Å². The minimum absolute atomic E-state index is 0.148. The van der Waals surface area contributed by atoms with Crippen molar-refractivity contribution in [2.45, 2.75) is 32.2 Å². The average Bonchev–Trinajstić information content (AvgIpc) is 2.45. The summed E-state index contributed by atoms with van der Waals surface area (Å²) in [5.74, 6) is 0. The van der Waals surface area contributed by atoms with E-state index >= 15 is 0 Å². The number of aliphatic hydroxyl groups excluding tert-OH is 1. The number of aliphatic hydroxyl groups is 1. The molecule has 0 radical (unpaired) electrons. The van der Waals surface area contributed by atoms with E-state index in [1.165, 1.54) is 0 Å². The fourth-order valence-electron chi connectivity index (χ4n) is 1.07. The number of ether oxygens (including phenoxy) is 3. The van der Waals surface area contributed by atoms with Gasteiger partial charge in [0.1, 0.15) is 12.7 Å². The number of hydrogen-bond acceptors (Lipinski definition) is 5. The Kier molecular flexibility index (Phi) is 3.98. The first-order valence-corrected chi connectivity index (χ1v) is 4.31. The lowest BCUT2D eigenvalue weighted by Gasteiger charge is -2.08. The van der Waals surface area contributed by atoms with Crippen LogP contribution >= 0.6 is 0 Å². The Balaban J connectivity index is 1.97. The predicted octanol–water partition coefficient (Wildman–Crippen LogP) is 0.657. The van der Waals surface area contributed by atoms with E-state index in [1.54, 1.807) is 6.92 Å². The van der Waals surface area contributed by atoms with Crippen molar-refractivity contribution in [3.8, 4) is 0 Å². The second kappa shape index (κ2) is 5.04. The van der Waals surface area contributed by atoms with Crippen LogP contribution in [0.15, 0.2) is 0 Å². The monoisotopic (exact) mass is 190 g/mol. The maximum Gasteiger partial charge on any atom is 0.508 e. The van der Waals surface area contributed by atoms with Gasteiger partial charge in [0.2, 0.25) is 0 Å². The van der Waals surface area contributed by atoms with Crippen molar-refractivity contribution in [2.75, 3.05) is 13.2 Å². The zero-order valence-electron chi connectivity index (χ0n) is 7.56. The number of cyclic esters (lactones) is 2. The summed E-state index contributed by atoms with van der Waals surface area (Å²) in [5, 5.41) is 8.75. The van der Waals surface area contributed by atoms with Crippen molar-refractivity contribution in [1.29, 1.82) is 0 Å². The molecule has 0 spiro atoms. The number of carbonyl (C=O) groups excluding carboxylic acids is 1. The molecule has 5 nitrogen and oxygen atoms in total. The van der Waals surface area contributed by atoms with E-state index in [9.17, 15) is 4.79 Å². The maximum atomic E-state index is 10.5. The van der Waals surface area contributed by atoms with Crippen LogP contribution in [0.3, 0.4) is 0 Å². The Labute approximate surface area is 76.6 Å². The van der Waals surface area contributed by atoms with Gasteiger partial charge in [-0.15, -0.1) is 0 Å². The van der Waals surface area contributed by atoms with Crippen LogP contribution in [0.2, 0.25) is 0 Å². The highest BCUT2D eigenvalue weighted by atomic mass is 16.8. The van der Waals surface area contributed by atoms with Crippen LogP contribution in [0, 0.1) is 0 Å². The van der Waals surface area contributed by atoms with E-state index < -0.39 is 12.4 Å². The van der Waals surface area contributed by atoms with Gasteiger partial charge in [0.05, 0.1) is 0 Å². The summed E-state index contributed by atoms with van der Waals surface area (Å²) in [5.41, 5.74) is 0. The molecule has 0 bridgehead atoms. The third-order valence-corrected chi connectivity index (χ3v) is 1.68. The number of rotatable bonds is 5. The molecule has 0 saturated carbocycles. The van der Waals surface area contributed by atoms with Gasteiger partial charge >= 0.3 is 6.16 Å². The standard InChI is InChI=1S/C8H14O5/c1-6(9)11-4-2-3-7-5-12-8(10)13-7/h6-7,9H,2-5H2,1H3. The van der Waals surface area contributed by atoms with E-state index in [-0.39, 0.29) is 6.10 Å². The predicted molar refractivity (Wildman–Crippen MR) is 43.1 cm³/mol. The number of hydrogen-bond donors (Lipinski definition) is 1. The summed E-state index contributed by atoms with van der Waals surface area (Å²) in [7, 11) is 0. The molecule has 0 aromatic carbocycles. The van der Waals surface area contributed by atoms with Crippen LogP contribution in [0.4, 0.5) is 4.79 Å². The molecule has 1 heterocycles. The van der Waals surface area contributed by atoms with Crippen LogP contribution in [0.1, 0.15) is 19.8 Å². The van der Waals surface area contributed by atoms with E-state index in [1.807, 2.05) is 0 Å². The lowest BCUT2D eigenvalue weighted by Crippen LogP contribution is -2.13. The molecule has 1 fully saturated rings. The van der Waals surface area contributed by atoms with E-state index in [0.717, 1.165) is 6.42 Å². The average molecular weight is 190 g/mol. The van der Waals surface area contributed by atoms with Gasteiger partial charge in [-0.25, -0.2) is 4.79 Å². The molecule has 0 amide bonds. The smallest absolute Gasteiger partial charge is 0.430 e. The molecular formula is C8H14O5. The van der Waals surface area contributed by atoms with Crippen LogP contribution in [0.25, 0.3) is 0 Å². The van der Waals surface area contributed by atoms with E-state index in [0.29, 0.717) is 19.6 Å². The fraction of sp³-hybridized carbons (Fsp3) is 0.875. The molecule has 0 aromatic rings. The minimum Gasteiger partial charge on any atom is -0.430 e. The second-order valence-electron chi connectivity index (χ2n) is 2.91. The first kappa shape index (κ1) is 10.3. The Hall–Kier alpha value is -0.810. The third-order valence-electron chi connectivity index (χ3n) is 1.68. The fourth-order valence-corrected chi connectivity index (χ4v) is 1.07. The van der Waals surface area contributed by atoms with Crippen molar-refractivity contribution in [2.24, 2.45) is 0 Å². The van der Waals surface area contributed by atoms with Gasteiger partial charge in [0.25, 0.3) is 0 Å². The van der Waals surface area contributed by atoms with Crippen molar-refractivity contribution in [1.82, 2.24) is 0 Å². The second-order valence-corrected chi connectivity index (χ2v) is 2.91. The Morgan fingerprint density at radius 2 is 2.54 bits per heavy atom. The van der Waals surface area contributed by atoms with Gasteiger partial charge in [0.15, 0.2) is 6.29 Å². The van der Waals surface area contributed by atoms with Gasteiger partial charge in [-0.2, -0.15) is 0 Å². The molecular weight excluding hydrogens is 176 g/mol. The molecule has 1 N–H and O–H groups in total. The zero-order valence-corrected chi connectivity index (χ0v) is 7.56.